The summed E-state index contributed by atoms with van der Waals surface area (Å²) in [5, 5.41) is 18.7. The van der Waals surface area contributed by atoms with Gasteiger partial charge in [0.1, 0.15) is 17.3 Å². The Hall–Kier alpha value is -3.22. The zero-order chi connectivity index (χ0) is 19.4. The van der Waals surface area contributed by atoms with E-state index in [1.165, 1.54) is 4.90 Å². The molecular formula is C20H23N5O2. The van der Waals surface area contributed by atoms with E-state index >= 15 is 0 Å². The van der Waals surface area contributed by atoms with Crippen molar-refractivity contribution in [1.29, 1.82) is 10.8 Å². The first-order chi connectivity index (χ1) is 13.0. The first-order valence-corrected chi connectivity index (χ1v) is 8.86. The summed E-state index contributed by atoms with van der Waals surface area (Å²) >= 11 is 0. The molecule has 3 rings (SSSR count). The summed E-state index contributed by atoms with van der Waals surface area (Å²) < 4.78 is 5.91. The second-order valence-corrected chi connectivity index (χ2v) is 6.74. The van der Waals surface area contributed by atoms with Crippen LogP contribution in [0, 0.1) is 23.7 Å². The van der Waals surface area contributed by atoms with Crippen molar-refractivity contribution < 1.29 is 9.53 Å². The molecule has 0 aliphatic carbocycles. The number of anilines is 1. The lowest BCUT2D eigenvalue weighted by Gasteiger charge is -2.23. The van der Waals surface area contributed by atoms with Gasteiger partial charge >= 0.3 is 0 Å². The maximum Gasteiger partial charge on any atom is 0.260 e. The number of nitrogens with zero attached hydrogens (tertiary/aromatic N) is 2. The molecule has 2 aromatic rings. The molecule has 1 aromatic heterocycles. The van der Waals surface area contributed by atoms with Gasteiger partial charge < -0.3 is 15.0 Å². The maximum atomic E-state index is 12.8. The summed E-state index contributed by atoms with van der Waals surface area (Å²) in [5.41, 5.74) is 1.83. The Morgan fingerprint density at radius 2 is 2.15 bits per heavy atom. The summed E-state index contributed by atoms with van der Waals surface area (Å²) in [6, 6.07) is 10.6. The number of carbonyl (C=O) groups is 1. The molecule has 1 amide bonds. The van der Waals surface area contributed by atoms with Crippen LogP contribution in [-0.4, -0.2) is 41.1 Å². The van der Waals surface area contributed by atoms with E-state index in [9.17, 15) is 4.79 Å². The molecule has 2 heterocycles. The van der Waals surface area contributed by atoms with E-state index < -0.39 is 0 Å². The second kappa shape index (κ2) is 7.99. The minimum Gasteiger partial charge on any atom is -0.492 e. The van der Waals surface area contributed by atoms with Crippen LogP contribution in [0.3, 0.4) is 0 Å². The SMILES string of the molecule is Cc1ccc2c(c1)C(=O)Nc1cccc(n1)C(=N)N(C=N)CCC(C)CO2. The molecule has 1 unspecified atom stereocenters. The third-order valence-corrected chi connectivity index (χ3v) is 4.44. The molecule has 0 radical (unpaired) electrons. The molecular weight excluding hydrogens is 342 g/mol. The van der Waals surface area contributed by atoms with E-state index in [-0.39, 0.29) is 17.7 Å². The quantitative estimate of drug-likeness (QED) is 0.533. The van der Waals surface area contributed by atoms with Crippen molar-refractivity contribution in [3.05, 3.63) is 53.2 Å². The van der Waals surface area contributed by atoms with Crippen molar-refractivity contribution in [1.82, 2.24) is 9.88 Å². The molecule has 0 spiro atoms. The lowest BCUT2D eigenvalue weighted by molar-refractivity contribution is 0.102. The van der Waals surface area contributed by atoms with Crippen LogP contribution in [0.2, 0.25) is 0 Å². The van der Waals surface area contributed by atoms with Gasteiger partial charge in [-0.3, -0.25) is 15.6 Å². The Kier molecular flexibility index (Phi) is 5.49. The Morgan fingerprint density at radius 3 is 2.93 bits per heavy atom. The number of nitrogens with one attached hydrogen (secondary N) is 3. The predicted molar refractivity (Wildman–Crippen MR) is 105 cm³/mol. The van der Waals surface area contributed by atoms with E-state index in [2.05, 4.69) is 10.3 Å². The van der Waals surface area contributed by atoms with Crippen LogP contribution in [0.5, 0.6) is 5.75 Å². The van der Waals surface area contributed by atoms with Gasteiger partial charge in [0.25, 0.3) is 5.91 Å². The van der Waals surface area contributed by atoms with Gasteiger partial charge in [-0.05, 0) is 43.5 Å². The molecule has 140 valence electrons. The molecule has 7 heteroatoms. The normalized spacial score (nSPS) is 18.0. The van der Waals surface area contributed by atoms with Crippen LogP contribution in [0.15, 0.2) is 36.4 Å². The maximum absolute atomic E-state index is 12.8. The number of aryl methyl sites for hydroxylation is 1. The number of hydrogen-bond donors (Lipinski definition) is 3. The molecule has 3 N–H and O–H groups in total. The molecule has 1 aliphatic heterocycles. The van der Waals surface area contributed by atoms with Gasteiger partial charge in [0.2, 0.25) is 0 Å². The highest BCUT2D eigenvalue weighted by atomic mass is 16.5. The summed E-state index contributed by atoms with van der Waals surface area (Å²) in [5.74, 6) is 0.903. The summed E-state index contributed by atoms with van der Waals surface area (Å²) in [6.07, 6.45) is 1.87. The third-order valence-electron chi connectivity index (χ3n) is 4.44. The van der Waals surface area contributed by atoms with Crippen molar-refractivity contribution >= 4 is 23.9 Å². The fourth-order valence-electron chi connectivity index (χ4n) is 2.83. The molecule has 1 aromatic carbocycles. The number of ether oxygens (including phenoxy) is 1. The average Bonchev–Trinajstić information content (AvgIpc) is 2.66. The zero-order valence-corrected chi connectivity index (χ0v) is 15.5. The number of fused-ring (bicyclic) bond motifs is 3. The van der Waals surface area contributed by atoms with Crippen LogP contribution in [-0.2, 0) is 0 Å². The Morgan fingerprint density at radius 1 is 1.33 bits per heavy atom. The highest BCUT2D eigenvalue weighted by Gasteiger charge is 2.18. The van der Waals surface area contributed by atoms with Gasteiger partial charge in [-0.15, -0.1) is 0 Å². The molecule has 2 bridgehead atoms. The Balaban J connectivity index is 2.01. The van der Waals surface area contributed by atoms with E-state index in [4.69, 9.17) is 15.6 Å². The minimum absolute atomic E-state index is 0.127. The molecule has 7 nitrogen and oxygen atoms in total. The van der Waals surface area contributed by atoms with Crippen LogP contribution in [0.4, 0.5) is 5.82 Å². The Labute approximate surface area is 158 Å². The minimum atomic E-state index is -0.307. The topological polar surface area (TPSA) is 102 Å². The predicted octanol–water partition coefficient (Wildman–Crippen LogP) is 3.30. The van der Waals surface area contributed by atoms with Gasteiger partial charge in [-0.2, -0.15) is 0 Å². The van der Waals surface area contributed by atoms with Gasteiger partial charge in [-0.25, -0.2) is 4.98 Å². The summed E-state index contributed by atoms with van der Waals surface area (Å²) in [6.45, 7) is 4.94. The molecule has 0 saturated heterocycles. The van der Waals surface area contributed by atoms with E-state index in [0.29, 0.717) is 36.0 Å². The number of aromatic nitrogens is 1. The number of amides is 1. The summed E-state index contributed by atoms with van der Waals surface area (Å²) in [4.78, 5) is 18.7. The fraction of sp³-hybridized carbons (Fsp3) is 0.300. The lowest BCUT2D eigenvalue weighted by atomic mass is 10.1. The third kappa shape index (κ3) is 4.31. The van der Waals surface area contributed by atoms with Crippen LogP contribution < -0.4 is 10.1 Å². The molecule has 1 atom stereocenters. The molecule has 1 aliphatic rings. The van der Waals surface area contributed by atoms with Crippen molar-refractivity contribution in [2.45, 2.75) is 20.3 Å². The number of rotatable bonds is 1. The number of pyridine rings is 1. The number of benzene rings is 1. The van der Waals surface area contributed by atoms with Crippen LogP contribution in [0.1, 0.15) is 35.0 Å². The van der Waals surface area contributed by atoms with Crippen molar-refractivity contribution in [2.75, 3.05) is 18.5 Å². The van der Waals surface area contributed by atoms with Crippen LogP contribution >= 0.6 is 0 Å². The van der Waals surface area contributed by atoms with E-state index in [1.807, 2.05) is 26.0 Å². The van der Waals surface area contributed by atoms with E-state index in [0.717, 1.165) is 18.3 Å². The van der Waals surface area contributed by atoms with Gasteiger partial charge in [0.15, 0.2) is 5.84 Å². The Bertz CT molecular complexity index is 880. The first kappa shape index (κ1) is 18.6. The fourth-order valence-corrected chi connectivity index (χ4v) is 2.83. The second-order valence-electron chi connectivity index (χ2n) is 6.74. The molecule has 0 saturated carbocycles. The average molecular weight is 365 g/mol. The number of hydrogen-bond acceptors (Lipinski definition) is 5. The van der Waals surface area contributed by atoms with Crippen molar-refractivity contribution in [3.8, 4) is 5.75 Å². The number of amidine groups is 1. The van der Waals surface area contributed by atoms with Gasteiger partial charge in [-0.1, -0.05) is 24.6 Å². The van der Waals surface area contributed by atoms with E-state index in [1.54, 1.807) is 24.3 Å². The van der Waals surface area contributed by atoms with Gasteiger partial charge in [0.05, 0.1) is 18.5 Å². The smallest absolute Gasteiger partial charge is 0.260 e. The highest BCUT2D eigenvalue weighted by Crippen LogP contribution is 2.23. The van der Waals surface area contributed by atoms with Gasteiger partial charge in [0, 0.05) is 6.54 Å². The van der Waals surface area contributed by atoms with Crippen LogP contribution in [0.25, 0.3) is 0 Å². The monoisotopic (exact) mass is 365 g/mol. The summed E-state index contributed by atoms with van der Waals surface area (Å²) in [7, 11) is 0. The van der Waals surface area contributed by atoms with Crippen molar-refractivity contribution in [3.63, 3.8) is 0 Å². The number of carbonyl (C=O) groups excluding carboxylic acids is 1. The zero-order valence-electron chi connectivity index (χ0n) is 15.5. The van der Waals surface area contributed by atoms with Crippen molar-refractivity contribution in [2.24, 2.45) is 5.92 Å². The standard InChI is InChI=1S/C20H23N5O2/c1-13-6-7-17-15(10-13)20(26)24-18-5-3-4-16(23-18)19(22)25(12-21)9-8-14(2)11-27-17/h3-7,10,12,14,21-22H,8-9,11H2,1-2H3,(H,23,24,26). The largest absolute Gasteiger partial charge is 0.492 e. The molecule has 0 fully saturated rings. The first-order valence-electron chi connectivity index (χ1n) is 8.86. The molecule has 27 heavy (non-hydrogen) atoms. The lowest BCUT2D eigenvalue weighted by Crippen LogP contribution is -2.32. The highest BCUT2D eigenvalue weighted by molar-refractivity contribution is 6.06.